The Bertz CT molecular complexity index is 257. The highest BCUT2D eigenvalue weighted by Crippen LogP contribution is 2.40. The molecule has 0 heterocycles. The lowest BCUT2D eigenvalue weighted by atomic mass is 9.68. The Morgan fingerprint density at radius 2 is 1.25 bits per heavy atom. The average Bonchev–Trinajstić information content (AvgIpc) is 2.49. The molecule has 2 fully saturated rings. The van der Waals surface area contributed by atoms with Crippen LogP contribution in [0.4, 0.5) is 0 Å². The van der Waals surface area contributed by atoms with Gasteiger partial charge in [0.15, 0.2) is 0 Å². The van der Waals surface area contributed by atoms with Crippen LogP contribution >= 0.6 is 0 Å². The topological polar surface area (TPSA) is 12.0 Å². The lowest BCUT2D eigenvalue weighted by Gasteiger charge is -2.41. The van der Waals surface area contributed by atoms with Crippen LogP contribution in [-0.2, 0) is 0 Å². The van der Waals surface area contributed by atoms with Crippen molar-refractivity contribution in [1.29, 1.82) is 0 Å². The molecule has 1 atom stereocenters. The third kappa shape index (κ3) is 4.00. The first kappa shape index (κ1) is 16.3. The van der Waals surface area contributed by atoms with Gasteiger partial charge in [-0.1, -0.05) is 40.0 Å². The molecular formula is C19H37N. The van der Waals surface area contributed by atoms with E-state index in [9.17, 15) is 0 Å². The van der Waals surface area contributed by atoms with E-state index in [0.29, 0.717) is 0 Å². The first-order chi connectivity index (χ1) is 9.65. The molecule has 2 aliphatic rings. The number of nitrogens with one attached hydrogen (secondary N) is 1. The molecule has 2 saturated carbocycles. The highest BCUT2D eigenvalue weighted by atomic mass is 14.9. The zero-order valence-electron chi connectivity index (χ0n) is 14.3. The van der Waals surface area contributed by atoms with Crippen molar-refractivity contribution in [3.8, 4) is 0 Å². The highest BCUT2D eigenvalue weighted by Gasteiger charge is 2.34. The molecule has 2 rings (SSSR count). The molecule has 1 unspecified atom stereocenters. The Morgan fingerprint density at radius 3 is 1.65 bits per heavy atom. The molecule has 0 spiro atoms. The van der Waals surface area contributed by atoms with Crippen LogP contribution in [0.15, 0.2) is 0 Å². The lowest BCUT2D eigenvalue weighted by Crippen LogP contribution is -2.43. The predicted molar refractivity (Wildman–Crippen MR) is 88.9 cm³/mol. The molecule has 0 aromatic carbocycles. The molecule has 118 valence electrons. The summed E-state index contributed by atoms with van der Waals surface area (Å²) in [4.78, 5) is 0. The van der Waals surface area contributed by atoms with Crippen LogP contribution in [0, 0.1) is 29.6 Å². The standard InChI is InChI=1S/C19H37N/c1-5-15-6-8-17(9-7-15)19(20-4)18-12-10-16(11-13-18)14(2)3/h14-20H,5-13H2,1-4H3. The summed E-state index contributed by atoms with van der Waals surface area (Å²) in [7, 11) is 2.21. The Balaban J connectivity index is 1.83. The molecule has 20 heavy (non-hydrogen) atoms. The van der Waals surface area contributed by atoms with Gasteiger partial charge < -0.3 is 5.32 Å². The zero-order valence-corrected chi connectivity index (χ0v) is 14.3. The van der Waals surface area contributed by atoms with Crippen LogP contribution in [0.5, 0.6) is 0 Å². The molecule has 0 aliphatic heterocycles. The summed E-state index contributed by atoms with van der Waals surface area (Å²) in [5.74, 6) is 4.84. The van der Waals surface area contributed by atoms with Crippen molar-refractivity contribution >= 4 is 0 Å². The molecule has 0 radical (unpaired) electrons. The quantitative estimate of drug-likeness (QED) is 0.724. The van der Waals surface area contributed by atoms with Gasteiger partial charge in [0, 0.05) is 6.04 Å². The number of hydrogen-bond acceptors (Lipinski definition) is 1. The fourth-order valence-electron chi connectivity index (χ4n) is 4.98. The summed E-state index contributed by atoms with van der Waals surface area (Å²) in [6, 6.07) is 0.806. The largest absolute Gasteiger partial charge is 0.316 e. The molecule has 0 amide bonds. The van der Waals surface area contributed by atoms with Crippen LogP contribution in [0.25, 0.3) is 0 Å². The van der Waals surface area contributed by atoms with Crippen LogP contribution in [0.1, 0.15) is 78.6 Å². The van der Waals surface area contributed by atoms with E-state index in [4.69, 9.17) is 0 Å². The van der Waals surface area contributed by atoms with E-state index in [1.54, 1.807) is 0 Å². The van der Waals surface area contributed by atoms with E-state index in [0.717, 1.165) is 35.6 Å². The molecule has 1 heteroatoms. The van der Waals surface area contributed by atoms with Gasteiger partial charge in [0.1, 0.15) is 0 Å². The minimum absolute atomic E-state index is 0.806. The fraction of sp³-hybridized carbons (Fsp3) is 1.00. The van der Waals surface area contributed by atoms with Gasteiger partial charge in [0.2, 0.25) is 0 Å². The van der Waals surface area contributed by atoms with Crippen LogP contribution in [0.3, 0.4) is 0 Å². The van der Waals surface area contributed by atoms with Crippen LogP contribution in [0.2, 0.25) is 0 Å². The first-order valence-electron chi connectivity index (χ1n) is 9.32. The number of hydrogen-bond donors (Lipinski definition) is 1. The van der Waals surface area contributed by atoms with E-state index in [-0.39, 0.29) is 0 Å². The van der Waals surface area contributed by atoms with E-state index >= 15 is 0 Å². The van der Waals surface area contributed by atoms with Crippen LogP contribution in [-0.4, -0.2) is 13.1 Å². The van der Waals surface area contributed by atoms with Crippen molar-refractivity contribution in [2.75, 3.05) is 7.05 Å². The Morgan fingerprint density at radius 1 is 0.800 bits per heavy atom. The van der Waals surface area contributed by atoms with Gasteiger partial charge in [-0.25, -0.2) is 0 Å². The second kappa shape index (κ2) is 7.82. The SMILES string of the molecule is CCC1CCC(C(NC)C2CCC(C(C)C)CC2)CC1. The van der Waals surface area contributed by atoms with Crippen molar-refractivity contribution in [1.82, 2.24) is 5.32 Å². The summed E-state index contributed by atoms with van der Waals surface area (Å²) < 4.78 is 0. The van der Waals surface area contributed by atoms with E-state index in [1.165, 1.54) is 57.8 Å². The number of rotatable bonds is 5. The second-order valence-corrected chi connectivity index (χ2v) is 7.92. The summed E-state index contributed by atoms with van der Waals surface area (Å²) in [6.45, 7) is 7.19. The molecular weight excluding hydrogens is 242 g/mol. The van der Waals surface area contributed by atoms with Gasteiger partial charge in [0.05, 0.1) is 0 Å². The fourth-order valence-corrected chi connectivity index (χ4v) is 4.98. The van der Waals surface area contributed by atoms with E-state index < -0.39 is 0 Å². The van der Waals surface area contributed by atoms with Crippen LogP contribution < -0.4 is 5.32 Å². The molecule has 1 nitrogen and oxygen atoms in total. The molecule has 0 bridgehead atoms. The monoisotopic (exact) mass is 279 g/mol. The molecule has 0 saturated heterocycles. The van der Waals surface area contributed by atoms with Gasteiger partial charge >= 0.3 is 0 Å². The zero-order chi connectivity index (χ0) is 14.5. The van der Waals surface area contributed by atoms with Crippen molar-refractivity contribution in [2.45, 2.75) is 84.6 Å². The minimum atomic E-state index is 0.806. The van der Waals surface area contributed by atoms with Crippen molar-refractivity contribution in [2.24, 2.45) is 29.6 Å². The van der Waals surface area contributed by atoms with Crippen molar-refractivity contribution < 1.29 is 0 Å². The Kier molecular flexibility index (Phi) is 6.39. The van der Waals surface area contributed by atoms with Gasteiger partial charge in [-0.3, -0.25) is 0 Å². The maximum atomic E-state index is 3.72. The van der Waals surface area contributed by atoms with E-state index in [1.807, 2.05) is 0 Å². The average molecular weight is 280 g/mol. The summed E-state index contributed by atoms with van der Waals surface area (Å²) in [5.41, 5.74) is 0. The van der Waals surface area contributed by atoms with Gasteiger partial charge in [0.25, 0.3) is 0 Å². The third-order valence-electron chi connectivity index (χ3n) is 6.58. The first-order valence-corrected chi connectivity index (χ1v) is 9.32. The smallest absolute Gasteiger partial charge is 0.0121 e. The normalized spacial score (nSPS) is 37.0. The van der Waals surface area contributed by atoms with Crippen molar-refractivity contribution in [3.05, 3.63) is 0 Å². The lowest BCUT2D eigenvalue weighted by molar-refractivity contribution is 0.131. The maximum Gasteiger partial charge on any atom is 0.0121 e. The molecule has 1 N–H and O–H groups in total. The molecule has 0 aromatic heterocycles. The highest BCUT2D eigenvalue weighted by molar-refractivity contribution is 4.88. The Labute approximate surface area is 127 Å². The predicted octanol–water partition coefficient (Wildman–Crippen LogP) is 5.25. The second-order valence-electron chi connectivity index (χ2n) is 7.92. The minimum Gasteiger partial charge on any atom is -0.316 e. The molecule has 0 aromatic rings. The third-order valence-corrected chi connectivity index (χ3v) is 6.58. The molecule has 2 aliphatic carbocycles. The Hall–Kier alpha value is -0.0400. The summed E-state index contributed by atoms with van der Waals surface area (Å²) >= 11 is 0. The van der Waals surface area contributed by atoms with Gasteiger partial charge in [-0.2, -0.15) is 0 Å². The van der Waals surface area contributed by atoms with Gasteiger partial charge in [-0.05, 0) is 75.2 Å². The summed E-state index contributed by atoms with van der Waals surface area (Å²) in [6.07, 6.45) is 13.2. The van der Waals surface area contributed by atoms with Crippen molar-refractivity contribution in [3.63, 3.8) is 0 Å². The maximum absolute atomic E-state index is 3.72. The van der Waals surface area contributed by atoms with Gasteiger partial charge in [-0.15, -0.1) is 0 Å². The van der Waals surface area contributed by atoms with E-state index in [2.05, 4.69) is 33.1 Å². The summed E-state index contributed by atoms with van der Waals surface area (Å²) in [5, 5.41) is 3.72.